The number of ether oxygens (including phenoxy) is 1. The lowest BCUT2D eigenvalue weighted by Crippen LogP contribution is -2.15. The molecular weight excluding hydrogens is 242 g/mol. The van der Waals surface area contributed by atoms with Crippen molar-refractivity contribution in [2.24, 2.45) is 5.10 Å². The van der Waals surface area contributed by atoms with Crippen LogP contribution in [0, 0.1) is 0 Å². The molecule has 0 unspecified atom stereocenters. The smallest absolute Gasteiger partial charge is 0.354 e. The van der Waals surface area contributed by atoms with Gasteiger partial charge in [-0.2, -0.15) is 5.10 Å². The number of esters is 1. The quantitative estimate of drug-likeness (QED) is 0.519. The zero-order chi connectivity index (χ0) is 13.7. The van der Waals surface area contributed by atoms with E-state index in [4.69, 9.17) is 4.74 Å². The van der Waals surface area contributed by atoms with Gasteiger partial charge >= 0.3 is 5.97 Å². The Balaban J connectivity index is 2.22. The lowest BCUT2D eigenvalue weighted by molar-refractivity contribution is -0.135. The minimum atomic E-state index is -0.423. The number of nitrogens with zero attached hydrogens (tertiary/aromatic N) is 2. The third-order valence-electron chi connectivity index (χ3n) is 2.56. The highest BCUT2D eigenvalue weighted by molar-refractivity contribution is 6.35. The summed E-state index contributed by atoms with van der Waals surface area (Å²) in [5.74, 6) is -0.423. The molecule has 19 heavy (non-hydrogen) atoms. The lowest BCUT2D eigenvalue weighted by Gasteiger charge is -2.06. The van der Waals surface area contributed by atoms with Crippen LogP contribution in [-0.2, 0) is 9.53 Å². The lowest BCUT2D eigenvalue weighted by atomic mass is 10.2. The second-order valence-corrected chi connectivity index (χ2v) is 3.91. The predicted molar refractivity (Wildman–Crippen MR) is 75.1 cm³/mol. The van der Waals surface area contributed by atoms with E-state index in [9.17, 15) is 4.79 Å². The van der Waals surface area contributed by atoms with Crippen molar-refractivity contribution in [2.75, 3.05) is 12.0 Å². The number of nitrogens with one attached hydrogen (secondary N) is 1. The van der Waals surface area contributed by atoms with Gasteiger partial charge in [0.2, 0.25) is 0 Å². The zero-order valence-electron chi connectivity index (χ0n) is 10.9. The van der Waals surface area contributed by atoms with Crippen LogP contribution in [0.2, 0.25) is 0 Å². The summed E-state index contributed by atoms with van der Waals surface area (Å²) in [4.78, 5) is 15.7. The van der Waals surface area contributed by atoms with E-state index < -0.39 is 5.97 Å². The van der Waals surface area contributed by atoms with E-state index in [1.54, 1.807) is 20.0 Å². The Morgan fingerprint density at radius 1 is 1.37 bits per heavy atom. The highest BCUT2D eigenvalue weighted by atomic mass is 16.5. The van der Waals surface area contributed by atoms with E-state index in [1.165, 1.54) is 0 Å². The standard InChI is InChI=1S/C14H15N3O2/c1-3-19-14(18)10(2)16-17-13-8-4-7-12-11(13)6-5-9-15-12/h4-9,17H,3H2,1-2H3/b16-10-. The Bertz CT molecular complexity index is 618. The van der Waals surface area contributed by atoms with Gasteiger partial charge in [0.15, 0.2) is 0 Å². The molecule has 5 nitrogen and oxygen atoms in total. The number of carbonyl (C=O) groups excluding carboxylic acids is 1. The number of hydrazone groups is 1. The minimum absolute atomic E-state index is 0.280. The summed E-state index contributed by atoms with van der Waals surface area (Å²) in [7, 11) is 0. The van der Waals surface area contributed by atoms with Crippen LogP contribution in [0.15, 0.2) is 41.6 Å². The Labute approximate surface area is 111 Å². The fourth-order valence-electron chi connectivity index (χ4n) is 1.63. The molecule has 98 valence electrons. The van der Waals surface area contributed by atoms with Gasteiger partial charge < -0.3 is 4.74 Å². The van der Waals surface area contributed by atoms with Crippen LogP contribution < -0.4 is 5.43 Å². The van der Waals surface area contributed by atoms with Crippen LogP contribution in [0.3, 0.4) is 0 Å². The van der Waals surface area contributed by atoms with Gasteiger partial charge in [0.05, 0.1) is 17.8 Å². The summed E-state index contributed by atoms with van der Waals surface area (Å²) in [6.45, 7) is 3.70. The molecule has 0 saturated carbocycles. The summed E-state index contributed by atoms with van der Waals surface area (Å²) in [5.41, 5.74) is 4.83. The Kier molecular flexibility index (Phi) is 4.07. The first-order valence-corrected chi connectivity index (χ1v) is 6.03. The first kappa shape index (κ1) is 13.0. The van der Waals surface area contributed by atoms with Crippen molar-refractivity contribution in [1.82, 2.24) is 4.98 Å². The minimum Gasteiger partial charge on any atom is -0.461 e. The molecule has 1 heterocycles. The second kappa shape index (κ2) is 5.95. The number of carbonyl (C=O) groups is 1. The van der Waals surface area contributed by atoms with Gasteiger partial charge in [0.1, 0.15) is 5.71 Å². The van der Waals surface area contributed by atoms with E-state index in [0.717, 1.165) is 16.6 Å². The molecule has 0 saturated heterocycles. The van der Waals surface area contributed by atoms with Crippen molar-refractivity contribution in [2.45, 2.75) is 13.8 Å². The molecule has 0 aliphatic heterocycles. The van der Waals surface area contributed by atoms with E-state index in [2.05, 4.69) is 15.5 Å². The molecular formula is C14H15N3O2. The van der Waals surface area contributed by atoms with Crippen LogP contribution >= 0.6 is 0 Å². The van der Waals surface area contributed by atoms with Crippen molar-refractivity contribution in [3.8, 4) is 0 Å². The van der Waals surface area contributed by atoms with Gasteiger partial charge in [-0.1, -0.05) is 6.07 Å². The van der Waals surface area contributed by atoms with Crippen molar-refractivity contribution < 1.29 is 9.53 Å². The van der Waals surface area contributed by atoms with Crippen LogP contribution in [-0.4, -0.2) is 23.3 Å². The average Bonchev–Trinajstić information content (AvgIpc) is 2.45. The molecule has 0 atom stereocenters. The molecule has 2 rings (SSSR count). The fourth-order valence-corrected chi connectivity index (χ4v) is 1.63. The van der Waals surface area contributed by atoms with E-state index in [-0.39, 0.29) is 5.71 Å². The third kappa shape index (κ3) is 3.07. The van der Waals surface area contributed by atoms with Crippen LogP contribution in [0.4, 0.5) is 5.69 Å². The maximum atomic E-state index is 11.4. The molecule has 1 N–H and O–H groups in total. The fraction of sp³-hybridized carbons (Fsp3) is 0.214. The maximum absolute atomic E-state index is 11.4. The first-order valence-electron chi connectivity index (χ1n) is 6.03. The van der Waals surface area contributed by atoms with E-state index >= 15 is 0 Å². The van der Waals surface area contributed by atoms with E-state index in [0.29, 0.717) is 6.61 Å². The highest BCUT2D eigenvalue weighted by Gasteiger charge is 2.06. The molecule has 0 amide bonds. The summed E-state index contributed by atoms with van der Waals surface area (Å²) in [5, 5.41) is 4.98. The maximum Gasteiger partial charge on any atom is 0.354 e. The molecule has 1 aromatic heterocycles. The Morgan fingerprint density at radius 2 is 2.21 bits per heavy atom. The van der Waals surface area contributed by atoms with Gasteiger partial charge in [-0.25, -0.2) is 4.79 Å². The molecule has 0 bridgehead atoms. The monoisotopic (exact) mass is 257 g/mol. The number of pyridine rings is 1. The normalized spacial score (nSPS) is 11.4. The molecule has 0 spiro atoms. The molecule has 5 heteroatoms. The van der Waals surface area contributed by atoms with Gasteiger partial charge in [0.25, 0.3) is 0 Å². The van der Waals surface area contributed by atoms with Crippen LogP contribution in [0.5, 0.6) is 0 Å². The number of anilines is 1. The zero-order valence-corrected chi connectivity index (χ0v) is 10.9. The number of aromatic nitrogens is 1. The van der Waals surface area contributed by atoms with Gasteiger partial charge in [-0.15, -0.1) is 0 Å². The Morgan fingerprint density at radius 3 is 3.00 bits per heavy atom. The summed E-state index contributed by atoms with van der Waals surface area (Å²) in [6, 6.07) is 9.48. The van der Waals surface area contributed by atoms with Gasteiger partial charge in [-0.05, 0) is 38.1 Å². The average molecular weight is 257 g/mol. The van der Waals surface area contributed by atoms with E-state index in [1.807, 2.05) is 30.3 Å². The number of fused-ring (bicyclic) bond motifs is 1. The van der Waals surface area contributed by atoms with Gasteiger partial charge in [0, 0.05) is 11.6 Å². The SMILES string of the molecule is CCOC(=O)/C(C)=N\Nc1cccc2ncccc12. The van der Waals surface area contributed by atoms with Crippen LogP contribution in [0.25, 0.3) is 10.9 Å². The number of hydrogen-bond acceptors (Lipinski definition) is 5. The van der Waals surface area contributed by atoms with Crippen molar-refractivity contribution in [3.05, 3.63) is 36.5 Å². The molecule has 0 fully saturated rings. The summed E-state index contributed by atoms with van der Waals surface area (Å²) < 4.78 is 4.86. The van der Waals surface area contributed by atoms with Crippen LogP contribution in [0.1, 0.15) is 13.8 Å². The molecule has 1 aromatic carbocycles. The van der Waals surface area contributed by atoms with Crippen molar-refractivity contribution in [3.63, 3.8) is 0 Å². The predicted octanol–water partition coefficient (Wildman–Crippen LogP) is 2.59. The highest BCUT2D eigenvalue weighted by Crippen LogP contribution is 2.21. The molecule has 0 radical (unpaired) electrons. The van der Waals surface area contributed by atoms with Crippen molar-refractivity contribution >= 4 is 28.3 Å². The topological polar surface area (TPSA) is 63.6 Å². The number of hydrogen-bond donors (Lipinski definition) is 1. The molecule has 0 aliphatic rings. The summed E-state index contributed by atoms with van der Waals surface area (Å²) in [6.07, 6.45) is 1.74. The first-order chi connectivity index (χ1) is 9.22. The largest absolute Gasteiger partial charge is 0.461 e. The summed E-state index contributed by atoms with van der Waals surface area (Å²) >= 11 is 0. The number of benzene rings is 1. The van der Waals surface area contributed by atoms with Crippen molar-refractivity contribution in [1.29, 1.82) is 0 Å². The molecule has 0 aliphatic carbocycles. The Hall–Kier alpha value is -2.43. The second-order valence-electron chi connectivity index (χ2n) is 3.91. The number of rotatable bonds is 4. The third-order valence-corrected chi connectivity index (χ3v) is 2.56. The van der Waals surface area contributed by atoms with Gasteiger partial charge in [-0.3, -0.25) is 10.4 Å². The molecule has 2 aromatic rings.